The summed E-state index contributed by atoms with van der Waals surface area (Å²) in [6, 6.07) is 22.6. The summed E-state index contributed by atoms with van der Waals surface area (Å²) in [4.78, 5) is 12.4. The number of anilines is 2. The number of rotatable bonds is 10. The lowest BCUT2D eigenvalue weighted by atomic mass is 10.1. The van der Waals surface area contributed by atoms with E-state index in [0.717, 1.165) is 16.7 Å². The molecule has 7 heteroatoms. The van der Waals surface area contributed by atoms with Crippen LogP contribution >= 0.6 is 0 Å². The zero-order valence-electron chi connectivity index (χ0n) is 19.2. The maximum Gasteiger partial charge on any atom is 0.232 e. The standard InChI is InChI=1S/C26H30N2O4S/c1-20-11-14-24(18-21(20)2)28(33(3,30)31)17-7-10-26(29)27-23-12-15-25(16-13-23)32-19-22-8-5-4-6-9-22/h4-6,8-9,11-16,18H,7,10,17,19H2,1-3H3,(H,27,29). The van der Waals surface area contributed by atoms with Crippen LogP contribution < -0.4 is 14.4 Å². The predicted octanol–water partition coefficient (Wildman–Crippen LogP) is 5.07. The highest BCUT2D eigenvalue weighted by atomic mass is 32.2. The molecular formula is C26H30N2O4S. The van der Waals surface area contributed by atoms with E-state index in [1.54, 1.807) is 18.2 Å². The molecule has 0 saturated carbocycles. The Kier molecular flexibility index (Phi) is 8.11. The van der Waals surface area contributed by atoms with Crippen LogP contribution in [0.4, 0.5) is 11.4 Å². The van der Waals surface area contributed by atoms with Crippen molar-refractivity contribution in [2.24, 2.45) is 0 Å². The Hall–Kier alpha value is -3.32. The molecule has 3 aromatic rings. The average Bonchev–Trinajstić information content (AvgIpc) is 2.78. The molecule has 0 aliphatic carbocycles. The van der Waals surface area contributed by atoms with E-state index in [1.165, 1.54) is 10.6 Å². The van der Waals surface area contributed by atoms with E-state index in [1.807, 2.05) is 68.4 Å². The first-order chi connectivity index (χ1) is 15.7. The molecule has 3 aromatic carbocycles. The third-order valence-corrected chi connectivity index (χ3v) is 6.52. The molecule has 0 aromatic heterocycles. The van der Waals surface area contributed by atoms with E-state index in [4.69, 9.17) is 4.74 Å². The lowest BCUT2D eigenvalue weighted by Gasteiger charge is -2.23. The second-order valence-electron chi connectivity index (χ2n) is 8.05. The largest absolute Gasteiger partial charge is 0.489 e. The van der Waals surface area contributed by atoms with Crippen LogP contribution in [0.25, 0.3) is 0 Å². The minimum atomic E-state index is -3.45. The van der Waals surface area contributed by atoms with E-state index in [2.05, 4.69) is 5.32 Å². The molecule has 0 atom stereocenters. The van der Waals surface area contributed by atoms with E-state index < -0.39 is 10.0 Å². The fourth-order valence-corrected chi connectivity index (χ4v) is 4.31. The Morgan fingerprint density at radius 2 is 1.64 bits per heavy atom. The average molecular weight is 467 g/mol. The highest BCUT2D eigenvalue weighted by Gasteiger charge is 2.18. The number of amides is 1. The lowest BCUT2D eigenvalue weighted by molar-refractivity contribution is -0.116. The quantitative estimate of drug-likeness (QED) is 0.453. The minimum Gasteiger partial charge on any atom is -0.489 e. The van der Waals surface area contributed by atoms with Gasteiger partial charge >= 0.3 is 0 Å². The molecular weight excluding hydrogens is 436 g/mol. The zero-order valence-corrected chi connectivity index (χ0v) is 20.1. The van der Waals surface area contributed by atoms with Crippen molar-refractivity contribution in [1.29, 1.82) is 0 Å². The van der Waals surface area contributed by atoms with Gasteiger partial charge in [-0.25, -0.2) is 8.42 Å². The van der Waals surface area contributed by atoms with Gasteiger partial charge in [-0.05, 0) is 73.4 Å². The maximum atomic E-state index is 12.4. The summed E-state index contributed by atoms with van der Waals surface area (Å²) in [6.45, 7) is 4.64. The number of ether oxygens (including phenoxy) is 1. The van der Waals surface area contributed by atoms with Gasteiger partial charge in [0.2, 0.25) is 15.9 Å². The molecule has 33 heavy (non-hydrogen) atoms. The van der Waals surface area contributed by atoms with Crippen molar-refractivity contribution in [1.82, 2.24) is 0 Å². The summed E-state index contributed by atoms with van der Waals surface area (Å²) in [5, 5.41) is 2.85. The van der Waals surface area contributed by atoms with Crippen LogP contribution in [0.3, 0.4) is 0 Å². The number of nitrogens with zero attached hydrogens (tertiary/aromatic N) is 1. The smallest absolute Gasteiger partial charge is 0.232 e. The molecule has 0 radical (unpaired) electrons. The second kappa shape index (κ2) is 11.0. The number of carbonyl (C=O) groups is 1. The van der Waals surface area contributed by atoms with Crippen molar-refractivity contribution in [3.63, 3.8) is 0 Å². The van der Waals surface area contributed by atoms with Crippen LogP contribution in [-0.2, 0) is 21.4 Å². The first kappa shape index (κ1) is 24.3. The first-order valence-corrected chi connectivity index (χ1v) is 12.7. The Balaban J connectivity index is 1.50. The van der Waals surface area contributed by atoms with Gasteiger partial charge < -0.3 is 10.1 Å². The van der Waals surface area contributed by atoms with Gasteiger partial charge in [-0.3, -0.25) is 9.10 Å². The monoisotopic (exact) mass is 466 g/mol. The lowest BCUT2D eigenvalue weighted by Crippen LogP contribution is -2.31. The molecule has 0 bridgehead atoms. The SMILES string of the molecule is Cc1ccc(N(CCCC(=O)Nc2ccc(OCc3ccccc3)cc2)S(C)(=O)=O)cc1C. The highest BCUT2D eigenvalue weighted by molar-refractivity contribution is 7.92. The summed E-state index contributed by atoms with van der Waals surface area (Å²) in [5.41, 5.74) is 4.49. The fraction of sp³-hybridized carbons (Fsp3) is 0.269. The van der Waals surface area contributed by atoms with Crippen LogP contribution in [0.15, 0.2) is 72.8 Å². The topological polar surface area (TPSA) is 75.7 Å². The molecule has 1 amide bonds. The number of nitrogens with one attached hydrogen (secondary N) is 1. The van der Waals surface area contributed by atoms with E-state index in [9.17, 15) is 13.2 Å². The molecule has 1 N–H and O–H groups in total. The molecule has 0 heterocycles. The van der Waals surface area contributed by atoms with E-state index in [-0.39, 0.29) is 18.9 Å². The molecule has 6 nitrogen and oxygen atoms in total. The van der Waals surface area contributed by atoms with Gasteiger partial charge in [0.25, 0.3) is 0 Å². The highest BCUT2D eigenvalue weighted by Crippen LogP contribution is 2.22. The van der Waals surface area contributed by atoms with Gasteiger partial charge in [0.1, 0.15) is 12.4 Å². The molecule has 0 aliphatic rings. The third kappa shape index (κ3) is 7.36. The van der Waals surface area contributed by atoms with Gasteiger partial charge in [-0.1, -0.05) is 36.4 Å². The summed E-state index contributed by atoms with van der Waals surface area (Å²) < 4.78 is 31.7. The summed E-state index contributed by atoms with van der Waals surface area (Å²) >= 11 is 0. The molecule has 0 spiro atoms. The Labute approximate surface area is 196 Å². The van der Waals surface area contributed by atoms with Gasteiger partial charge in [-0.15, -0.1) is 0 Å². The van der Waals surface area contributed by atoms with Crippen LogP contribution in [0.5, 0.6) is 5.75 Å². The predicted molar refractivity (Wildman–Crippen MR) is 133 cm³/mol. The summed E-state index contributed by atoms with van der Waals surface area (Å²) in [6.07, 6.45) is 1.80. The maximum absolute atomic E-state index is 12.4. The van der Waals surface area contributed by atoms with Gasteiger partial charge in [-0.2, -0.15) is 0 Å². The fourth-order valence-electron chi connectivity index (χ4n) is 3.35. The zero-order chi connectivity index (χ0) is 23.8. The normalized spacial score (nSPS) is 11.1. The minimum absolute atomic E-state index is 0.165. The number of hydrogen-bond donors (Lipinski definition) is 1. The van der Waals surface area contributed by atoms with Crippen molar-refractivity contribution in [2.75, 3.05) is 22.4 Å². The first-order valence-electron chi connectivity index (χ1n) is 10.8. The molecule has 174 valence electrons. The van der Waals surface area contributed by atoms with Gasteiger partial charge in [0.05, 0.1) is 11.9 Å². The van der Waals surface area contributed by atoms with Crippen LogP contribution in [-0.4, -0.2) is 27.1 Å². The second-order valence-corrected chi connectivity index (χ2v) is 9.96. The molecule has 0 unspecified atom stereocenters. The molecule has 0 aliphatic heterocycles. The van der Waals surface area contributed by atoms with Crippen molar-refractivity contribution in [2.45, 2.75) is 33.3 Å². The van der Waals surface area contributed by atoms with Crippen molar-refractivity contribution >= 4 is 27.3 Å². The Morgan fingerprint density at radius 3 is 2.27 bits per heavy atom. The van der Waals surface area contributed by atoms with Crippen molar-refractivity contribution in [3.05, 3.63) is 89.5 Å². The molecule has 3 rings (SSSR count). The van der Waals surface area contributed by atoms with Crippen LogP contribution in [0.1, 0.15) is 29.5 Å². The number of sulfonamides is 1. The number of carbonyl (C=O) groups excluding carboxylic acids is 1. The summed E-state index contributed by atoms with van der Waals surface area (Å²) in [7, 11) is -3.45. The van der Waals surface area contributed by atoms with Crippen molar-refractivity contribution in [3.8, 4) is 5.75 Å². The van der Waals surface area contributed by atoms with Gasteiger partial charge in [0, 0.05) is 18.7 Å². The number of aryl methyl sites for hydroxylation is 2. The van der Waals surface area contributed by atoms with Crippen LogP contribution in [0.2, 0.25) is 0 Å². The van der Waals surface area contributed by atoms with Crippen LogP contribution in [0, 0.1) is 13.8 Å². The van der Waals surface area contributed by atoms with E-state index in [0.29, 0.717) is 30.2 Å². The third-order valence-electron chi connectivity index (χ3n) is 5.33. The summed E-state index contributed by atoms with van der Waals surface area (Å²) in [5.74, 6) is 0.551. The Morgan fingerprint density at radius 1 is 0.939 bits per heavy atom. The van der Waals surface area contributed by atoms with E-state index >= 15 is 0 Å². The Bertz CT molecular complexity index is 1180. The molecule has 0 fully saturated rings. The van der Waals surface area contributed by atoms with Gasteiger partial charge in [0.15, 0.2) is 0 Å². The van der Waals surface area contributed by atoms with Crippen molar-refractivity contribution < 1.29 is 17.9 Å². The number of benzene rings is 3. The number of hydrogen-bond acceptors (Lipinski definition) is 4. The molecule has 0 saturated heterocycles.